The maximum Gasteiger partial charge on any atom is 0.322 e. The molecule has 10 heteroatoms. The van der Waals surface area contributed by atoms with Crippen molar-refractivity contribution >= 4 is 29.2 Å². The standard InChI is InChI=1S/C20H17N5O5/c1-12-7-8-13(9-16(12)25(28)29)18(27)21-20-23-22-19(30-20)14-10-17(26)24(11-14)15-5-3-2-4-6-15/h2-9,14H,10-11H2,1H3,(H,21,23,27). The first-order valence-electron chi connectivity index (χ1n) is 9.17. The second-order valence-corrected chi connectivity index (χ2v) is 6.90. The Labute approximate surface area is 170 Å². The lowest BCUT2D eigenvalue weighted by atomic mass is 10.1. The molecule has 2 aromatic carbocycles. The molecule has 152 valence electrons. The van der Waals surface area contributed by atoms with Gasteiger partial charge < -0.3 is 9.32 Å². The van der Waals surface area contributed by atoms with Crippen LogP contribution in [0, 0.1) is 17.0 Å². The average Bonchev–Trinajstić information content (AvgIpc) is 3.35. The van der Waals surface area contributed by atoms with Gasteiger partial charge in [-0.15, -0.1) is 5.10 Å². The minimum atomic E-state index is -0.610. The van der Waals surface area contributed by atoms with E-state index in [2.05, 4.69) is 15.5 Å². The maximum absolute atomic E-state index is 12.4. The number of carbonyl (C=O) groups is 2. The molecule has 2 heterocycles. The molecule has 1 aromatic heterocycles. The van der Waals surface area contributed by atoms with Crippen LogP contribution in [-0.4, -0.2) is 33.5 Å². The van der Waals surface area contributed by atoms with Crippen molar-refractivity contribution in [3.63, 3.8) is 0 Å². The molecule has 1 saturated heterocycles. The van der Waals surface area contributed by atoms with Gasteiger partial charge in [-0.05, 0) is 25.1 Å². The van der Waals surface area contributed by atoms with Crippen molar-refractivity contribution < 1.29 is 18.9 Å². The molecule has 1 atom stereocenters. The molecule has 1 unspecified atom stereocenters. The number of hydrogen-bond acceptors (Lipinski definition) is 7. The Hall–Kier alpha value is -4.08. The van der Waals surface area contributed by atoms with Crippen molar-refractivity contribution in [3.05, 3.63) is 75.7 Å². The van der Waals surface area contributed by atoms with E-state index in [4.69, 9.17) is 4.42 Å². The number of hydrogen-bond donors (Lipinski definition) is 1. The van der Waals surface area contributed by atoms with Crippen LogP contribution in [0.5, 0.6) is 0 Å². The fraction of sp³-hybridized carbons (Fsp3) is 0.200. The van der Waals surface area contributed by atoms with Crippen LogP contribution in [0.2, 0.25) is 0 Å². The number of nitro benzene ring substituents is 1. The summed E-state index contributed by atoms with van der Waals surface area (Å²) in [5, 5.41) is 21.3. The molecule has 2 amide bonds. The lowest BCUT2D eigenvalue weighted by Crippen LogP contribution is -2.24. The minimum absolute atomic E-state index is 0.0537. The molecule has 0 spiro atoms. The molecule has 1 fully saturated rings. The van der Waals surface area contributed by atoms with Crippen molar-refractivity contribution in [2.75, 3.05) is 16.8 Å². The van der Waals surface area contributed by atoms with Gasteiger partial charge in [0.2, 0.25) is 11.8 Å². The number of aromatic nitrogens is 2. The summed E-state index contributed by atoms with van der Waals surface area (Å²) in [4.78, 5) is 36.9. The molecule has 0 bridgehead atoms. The molecule has 10 nitrogen and oxygen atoms in total. The lowest BCUT2D eigenvalue weighted by Gasteiger charge is -2.15. The van der Waals surface area contributed by atoms with Gasteiger partial charge in [-0.2, -0.15) is 0 Å². The van der Waals surface area contributed by atoms with Crippen LogP contribution in [0.1, 0.15) is 34.2 Å². The quantitative estimate of drug-likeness (QED) is 0.508. The predicted octanol–water partition coefficient (Wildman–Crippen LogP) is 3.06. The highest BCUT2D eigenvalue weighted by atomic mass is 16.6. The third-order valence-corrected chi connectivity index (χ3v) is 4.87. The van der Waals surface area contributed by atoms with E-state index >= 15 is 0 Å². The molecule has 0 saturated carbocycles. The zero-order valence-corrected chi connectivity index (χ0v) is 15.9. The monoisotopic (exact) mass is 407 g/mol. The molecule has 1 aliphatic heterocycles. The summed E-state index contributed by atoms with van der Waals surface area (Å²) >= 11 is 0. The smallest absolute Gasteiger partial charge is 0.322 e. The highest BCUT2D eigenvalue weighted by Gasteiger charge is 2.35. The number of nitrogens with one attached hydrogen (secondary N) is 1. The van der Waals surface area contributed by atoms with Crippen LogP contribution in [0.15, 0.2) is 52.9 Å². The second kappa shape index (κ2) is 7.74. The van der Waals surface area contributed by atoms with Gasteiger partial charge in [0, 0.05) is 35.8 Å². The van der Waals surface area contributed by atoms with Crippen LogP contribution >= 0.6 is 0 Å². The van der Waals surface area contributed by atoms with Gasteiger partial charge in [0.05, 0.1) is 10.8 Å². The Morgan fingerprint density at radius 3 is 2.73 bits per heavy atom. The van der Waals surface area contributed by atoms with Crippen molar-refractivity contribution in [2.45, 2.75) is 19.3 Å². The van der Waals surface area contributed by atoms with E-state index in [-0.39, 0.29) is 41.4 Å². The minimum Gasteiger partial charge on any atom is -0.407 e. The lowest BCUT2D eigenvalue weighted by molar-refractivity contribution is -0.385. The van der Waals surface area contributed by atoms with Crippen molar-refractivity contribution in [1.82, 2.24) is 10.2 Å². The number of benzene rings is 2. The van der Waals surface area contributed by atoms with Gasteiger partial charge in [-0.1, -0.05) is 29.4 Å². The van der Waals surface area contributed by atoms with Crippen LogP contribution in [0.3, 0.4) is 0 Å². The third-order valence-electron chi connectivity index (χ3n) is 4.87. The van der Waals surface area contributed by atoms with Crippen LogP contribution < -0.4 is 10.2 Å². The Morgan fingerprint density at radius 2 is 2.00 bits per heavy atom. The fourth-order valence-corrected chi connectivity index (χ4v) is 3.30. The normalized spacial score (nSPS) is 16.0. The van der Waals surface area contributed by atoms with Crippen LogP contribution in [0.4, 0.5) is 17.4 Å². The first kappa shape index (κ1) is 19.2. The molecular formula is C20H17N5O5. The number of carbonyl (C=O) groups excluding carboxylic acids is 2. The zero-order chi connectivity index (χ0) is 21.3. The van der Waals surface area contributed by atoms with Gasteiger partial charge in [0.25, 0.3) is 11.6 Å². The molecule has 1 aliphatic rings. The Morgan fingerprint density at radius 1 is 1.23 bits per heavy atom. The summed E-state index contributed by atoms with van der Waals surface area (Å²) in [6.07, 6.45) is 0.217. The molecule has 4 rings (SSSR count). The highest BCUT2D eigenvalue weighted by Crippen LogP contribution is 2.31. The Bertz CT molecular complexity index is 1130. The molecule has 30 heavy (non-hydrogen) atoms. The summed E-state index contributed by atoms with van der Waals surface area (Å²) in [5.74, 6) is -0.716. The number of aryl methyl sites for hydroxylation is 1. The number of amides is 2. The Balaban J connectivity index is 1.46. The van der Waals surface area contributed by atoms with E-state index < -0.39 is 10.8 Å². The van der Waals surface area contributed by atoms with Gasteiger partial charge in [-0.25, -0.2) is 0 Å². The first-order valence-corrected chi connectivity index (χ1v) is 9.17. The number of para-hydroxylation sites is 1. The van der Waals surface area contributed by atoms with Gasteiger partial charge >= 0.3 is 6.01 Å². The second-order valence-electron chi connectivity index (χ2n) is 6.90. The molecule has 0 radical (unpaired) electrons. The zero-order valence-electron chi connectivity index (χ0n) is 15.9. The van der Waals surface area contributed by atoms with Crippen molar-refractivity contribution in [2.24, 2.45) is 0 Å². The summed E-state index contributed by atoms with van der Waals surface area (Å²) in [7, 11) is 0. The van der Waals surface area contributed by atoms with E-state index in [1.165, 1.54) is 18.2 Å². The van der Waals surface area contributed by atoms with Gasteiger partial charge in [0.1, 0.15) is 0 Å². The summed E-state index contributed by atoms with van der Waals surface area (Å²) in [6.45, 7) is 1.98. The number of anilines is 2. The summed E-state index contributed by atoms with van der Waals surface area (Å²) < 4.78 is 5.53. The van der Waals surface area contributed by atoms with Crippen LogP contribution in [-0.2, 0) is 4.79 Å². The van der Waals surface area contributed by atoms with E-state index in [1.807, 2.05) is 30.3 Å². The third kappa shape index (κ3) is 3.75. The first-order chi connectivity index (χ1) is 14.4. The van der Waals surface area contributed by atoms with Gasteiger partial charge in [-0.3, -0.25) is 25.0 Å². The predicted molar refractivity (Wildman–Crippen MR) is 106 cm³/mol. The van der Waals surface area contributed by atoms with Crippen LogP contribution in [0.25, 0.3) is 0 Å². The summed E-state index contributed by atoms with van der Waals surface area (Å²) in [5.41, 5.74) is 1.18. The maximum atomic E-state index is 12.4. The molecular weight excluding hydrogens is 390 g/mol. The van der Waals surface area contributed by atoms with E-state index in [1.54, 1.807) is 11.8 Å². The summed E-state index contributed by atoms with van der Waals surface area (Å²) in [6, 6.07) is 13.3. The van der Waals surface area contributed by atoms with Gasteiger partial charge in [0.15, 0.2) is 0 Å². The molecule has 1 N–H and O–H groups in total. The molecule has 0 aliphatic carbocycles. The average molecular weight is 407 g/mol. The van der Waals surface area contributed by atoms with E-state index in [0.29, 0.717) is 12.1 Å². The van der Waals surface area contributed by atoms with Crippen molar-refractivity contribution in [1.29, 1.82) is 0 Å². The fourth-order valence-electron chi connectivity index (χ4n) is 3.30. The molecule has 3 aromatic rings. The van der Waals surface area contributed by atoms with E-state index in [0.717, 1.165) is 5.69 Å². The topological polar surface area (TPSA) is 131 Å². The van der Waals surface area contributed by atoms with Crippen molar-refractivity contribution in [3.8, 4) is 0 Å². The number of nitro groups is 1. The highest BCUT2D eigenvalue weighted by molar-refractivity contribution is 6.03. The largest absolute Gasteiger partial charge is 0.407 e. The number of rotatable bonds is 5. The van der Waals surface area contributed by atoms with E-state index in [9.17, 15) is 19.7 Å². The number of nitrogens with zero attached hydrogens (tertiary/aromatic N) is 4. The SMILES string of the molecule is Cc1ccc(C(=O)Nc2nnc(C3CC(=O)N(c4ccccc4)C3)o2)cc1[N+](=O)[O-]. The Kier molecular flexibility index (Phi) is 4.97.